The Morgan fingerprint density at radius 2 is 1.83 bits per heavy atom. The summed E-state index contributed by atoms with van der Waals surface area (Å²) in [4.78, 5) is 13.8. The second kappa shape index (κ2) is 11.8. The van der Waals surface area contributed by atoms with Gasteiger partial charge in [-0.05, 0) is 48.7 Å². The minimum Gasteiger partial charge on any atom is -0.395 e. The summed E-state index contributed by atoms with van der Waals surface area (Å²) in [5.41, 5.74) is 4.81. The molecule has 158 valence electrons. The van der Waals surface area contributed by atoms with E-state index in [4.69, 9.17) is 26.7 Å². The van der Waals surface area contributed by atoms with Crippen LogP contribution in [0.5, 0.6) is 0 Å². The van der Waals surface area contributed by atoms with E-state index in [0.717, 1.165) is 16.8 Å². The van der Waals surface area contributed by atoms with Gasteiger partial charge in [0.25, 0.3) is 0 Å². The lowest BCUT2D eigenvalue weighted by Gasteiger charge is -2.28. The van der Waals surface area contributed by atoms with Gasteiger partial charge in [0.1, 0.15) is 0 Å². The second-order valence-electron chi connectivity index (χ2n) is 6.91. The van der Waals surface area contributed by atoms with E-state index in [-0.39, 0.29) is 18.9 Å². The highest BCUT2D eigenvalue weighted by Gasteiger charge is 2.27. The zero-order chi connectivity index (χ0) is 21.2. The van der Waals surface area contributed by atoms with Gasteiger partial charge in [-0.3, -0.25) is 10.0 Å². The smallest absolute Gasteiger partial charge is 0.245 e. The third-order valence-corrected chi connectivity index (χ3v) is 5.16. The fourth-order valence-corrected chi connectivity index (χ4v) is 3.48. The van der Waals surface area contributed by atoms with Crippen LogP contribution < -0.4 is 10.4 Å². The van der Waals surface area contributed by atoms with Crippen LogP contribution in [0.25, 0.3) is 0 Å². The van der Waals surface area contributed by atoms with Crippen molar-refractivity contribution in [2.45, 2.75) is 31.8 Å². The molecule has 6 nitrogen and oxygen atoms in total. The average molecular weight is 421 g/mol. The van der Waals surface area contributed by atoms with Crippen LogP contribution in [0.1, 0.15) is 30.4 Å². The number of hydrogen-bond donors (Lipinski definition) is 3. The van der Waals surface area contributed by atoms with Crippen LogP contribution in [0.4, 0.5) is 5.69 Å². The number of amides is 1. The molecule has 7 heteroatoms. The van der Waals surface area contributed by atoms with Gasteiger partial charge < -0.3 is 14.7 Å². The summed E-state index contributed by atoms with van der Waals surface area (Å²) in [6, 6.07) is 15.7. The number of aliphatic hydroxyl groups is 1. The Morgan fingerprint density at radius 3 is 2.38 bits per heavy atom. The number of likely N-dealkylation sites (N-methyl/N-ethyl adjacent to an activating group) is 1. The van der Waals surface area contributed by atoms with E-state index in [0.29, 0.717) is 24.6 Å². The van der Waals surface area contributed by atoms with Crippen molar-refractivity contribution in [3.63, 3.8) is 0 Å². The van der Waals surface area contributed by atoms with Crippen molar-refractivity contribution in [1.29, 1.82) is 0 Å². The van der Waals surface area contributed by atoms with E-state index in [1.165, 1.54) is 0 Å². The first kappa shape index (κ1) is 23.2. The van der Waals surface area contributed by atoms with Crippen molar-refractivity contribution >= 4 is 23.2 Å². The number of hydroxylamine groups is 1. The van der Waals surface area contributed by atoms with Gasteiger partial charge in [0, 0.05) is 36.8 Å². The SMILES string of the molecule is CCO[C@H](CC(=O)NO)[C@H](Cc1ccc(Cl)cc1)c1ccc(N(C)CCO)cc1. The molecule has 0 bridgehead atoms. The van der Waals surface area contributed by atoms with Gasteiger partial charge in [-0.25, -0.2) is 5.48 Å². The summed E-state index contributed by atoms with van der Waals surface area (Å²) in [5, 5.41) is 18.8. The van der Waals surface area contributed by atoms with Crippen LogP contribution in [0.2, 0.25) is 5.02 Å². The molecule has 0 saturated carbocycles. The van der Waals surface area contributed by atoms with Crippen LogP contribution in [0, 0.1) is 0 Å². The van der Waals surface area contributed by atoms with Crippen molar-refractivity contribution in [2.75, 3.05) is 31.7 Å². The van der Waals surface area contributed by atoms with E-state index in [2.05, 4.69) is 0 Å². The number of nitrogens with zero attached hydrogens (tertiary/aromatic N) is 1. The number of carbonyl (C=O) groups excluding carboxylic acids is 1. The normalized spacial score (nSPS) is 13.0. The monoisotopic (exact) mass is 420 g/mol. The van der Waals surface area contributed by atoms with Crippen LogP contribution in [-0.2, 0) is 16.0 Å². The van der Waals surface area contributed by atoms with Crippen LogP contribution in [-0.4, -0.2) is 49.1 Å². The molecule has 0 heterocycles. The number of rotatable bonds is 11. The Kier molecular flexibility index (Phi) is 9.41. The second-order valence-corrected chi connectivity index (χ2v) is 7.34. The molecular formula is C22H29ClN2O4. The molecule has 0 saturated heterocycles. The standard InChI is InChI=1S/C22H29ClN2O4/c1-3-29-21(15-22(27)24-28)20(14-16-4-8-18(23)9-5-16)17-6-10-19(11-7-17)25(2)12-13-26/h4-11,20-21,26,28H,3,12-15H2,1-2H3,(H,24,27)/t20-,21-/m1/s1. The van der Waals surface area contributed by atoms with Gasteiger partial charge in [0.05, 0.1) is 19.1 Å². The van der Waals surface area contributed by atoms with Crippen molar-refractivity contribution < 1.29 is 19.8 Å². The lowest BCUT2D eigenvalue weighted by Crippen LogP contribution is -2.31. The molecule has 0 aromatic heterocycles. The molecule has 29 heavy (non-hydrogen) atoms. The Hall–Kier alpha value is -2.12. The highest BCUT2D eigenvalue weighted by molar-refractivity contribution is 6.30. The quantitative estimate of drug-likeness (QED) is 0.383. The van der Waals surface area contributed by atoms with Gasteiger partial charge in [-0.2, -0.15) is 0 Å². The van der Waals surface area contributed by atoms with Crippen molar-refractivity contribution in [2.24, 2.45) is 0 Å². The lowest BCUT2D eigenvalue weighted by atomic mass is 9.85. The predicted molar refractivity (Wildman–Crippen MR) is 115 cm³/mol. The van der Waals surface area contributed by atoms with E-state index < -0.39 is 12.0 Å². The first-order valence-corrected chi connectivity index (χ1v) is 10.1. The first-order valence-electron chi connectivity index (χ1n) is 9.69. The zero-order valence-electron chi connectivity index (χ0n) is 16.8. The summed E-state index contributed by atoms with van der Waals surface area (Å²) in [5.74, 6) is -0.575. The molecule has 2 aromatic rings. The molecule has 0 radical (unpaired) electrons. The number of hydrogen-bond acceptors (Lipinski definition) is 5. The molecule has 0 unspecified atom stereocenters. The third-order valence-electron chi connectivity index (χ3n) is 4.91. The molecule has 0 aliphatic carbocycles. The number of carbonyl (C=O) groups is 1. The largest absolute Gasteiger partial charge is 0.395 e. The summed E-state index contributed by atoms with van der Waals surface area (Å²) < 4.78 is 5.90. The van der Waals surface area contributed by atoms with E-state index >= 15 is 0 Å². The molecule has 2 aromatic carbocycles. The van der Waals surface area contributed by atoms with E-state index in [1.807, 2.05) is 67.4 Å². The van der Waals surface area contributed by atoms with Gasteiger partial charge >= 0.3 is 0 Å². The van der Waals surface area contributed by atoms with Gasteiger partial charge in [0.2, 0.25) is 5.91 Å². The maximum atomic E-state index is 11.9. The van der Waals surface area contributed by atoms with Gasteiger partial charge in [-0.15, -0.1) is 0 Å². The Balaban J connectivity index is 2.33. The highest BCUT2D eigenvalue weighted by atomic mass is 35.5. The number of halogens is 1. The molecule has 3 N–H and O–H groups in total. The Labute approximate surface area is 177 Å². The number of benzene rings is 2. The lowest BCUT2D eigenvalue weighted by molar-refractivity contribution is -0.132. The molecule has 1 amide bonds. The van der Waals surface area contributed by atoms with Gasteiger partial charge in [0.15, 0.2) is 0 Å². The zero-order valence-corrected chi connectivity index (χ0v) is 17.6. The van der Waals surface area contributed by atoms with Crippen molar-refractivity contribution in [3.8, 4) is 0 Å². The average Bonchev–Trinajstić information content (AvgIpc) is 2.73. The minimum absolute atomic E-state index is 0.0504. The van der Waals surface area contributed by atoms with E-state index in [1.54, 1.807) is 5.48 Å². The summed E-state index contributed by atoms with van der Waals surface area (Å²) >= 11 is 6.01. The topological polar surface area (TPSA) is 82.0 Å². The van der Waals surface area contributed by atoms with Crippen LogP contribution in [0.3, 0.4) is 0 Å². The Morgan fingerprint density at radius 1 is 1.17 bits per heavy atom. The summed E-state index contributed by atoms with van der Waals surface area (Å²) in [7, 11) is 1.92. The van der Waals surface area contributed by atoms with Crippen LogP contribution >= 0.6 is 11.6 Å². The molecule has 0 aliphatic rings. The molecular weight excluding hydrogens is 392 g/mol. The number of anilines is 1. The molecule has 2 rings (SSSR count). The fraction of sp³-hybridized carbons (Fsp3) is 0.409. The number of ether oxygens (including phenoxy) is 1. The summed E-state index contributed by atoms with van der Waals surface area (Å²) in [6.07, 6.45) is 0.310. The molecule has 0 fully saturated rings. The molecule has 0 aliphatic heterocycles. The predicted octanol–water partition coefficient (Wildman–Crippen LogP) is 3.40. The maximum Gasteiger partial charge on any atom is 0.245 e. The van der Waals surface area contributed by atoms with E-state index in [9.17, 15) is 4.79 Å². The van der Waals surface area contributed by atoms with Crippen molar-refractivity contribution in [1.82, 2.24) is 5.48 Å². The maximum absolute atomic E-state index is 11.9. The fourth-order valence-electron chi connectivity index (χ4n) is 3.35. The third kappa shape index (κ3) is 7.01. The Bertz CT molecular complexity index is 752. The first-order chi connectivity index (χ1) is 14.0. The molecule has 0 spiro atoms. The van der Waals surface area contributed by atoms with Crippen LogP contribution in [0.15, 0.2) is 48.5 Å². The molecule has 2 atom stereocenters. The van der Waals surface area contributed by atoms with Crippen molar-refractivity contribution in [3.05, 3.63) is 64.7 Å². The number of aliphatic hydroxyl groups excluding tert-OH is 1. The number of nitrogens with one attached hydrogen (secondary N) is 1. The summed E-state index contributed by atoms with van der Waals surface area (Å²) in [6.45, 7) is 2.97. The highest BCUT2D eigenvalue weighted by Crippen LogP contribution is 2.30. The minimum atomic E-state index is -0.483. The van der Waals surface area contributed by atoms with Gasteiger partial charge in [-0.1, -0.05) is 35.9 Å².